The van der Waals surface area contributed by atoms with Crippen molar-refractivity contribution in [1.29, 1.82) is 0 Å². The zero-order valence-electron chi connectivity index (χ0n) is 15.2. The lowest BCUT2D eigenvalue weighted by Crippen LogP contribution is -2.45. The van der Waals surface area contributed by atoms with Crippen LogP contribution in [-0.4, -0.2) is 57.4 Å². The number of benzene rings is 1. The van der Waals surface area contributed by atoms with E-state index in [9.17, 15) is 14.7 Å². The molecule has 1 N–H and O–H groups in total. The molecule has 3 rings (SSSR count). The average Bonchev–Trinajstić information content (AvgIpc) is 3.14. The van der Waals surface area contributed by atoms with E-state index in [0.29, 0.717) is 0 Å². The molecule has 1 aromatic rings. The van der Waals surface area contributed by atoms with E-state index in [1.165, 1.54) is 9.80 Å². The number of ether oxygens (including phenoxy) is 2. The monoisotopic (exact) mass is 360 g/mol. The van der Waals surface area contributed by atoms with Crippen molar-refractivity contribution in [3.63, 3.8) is 0 Å². The van der Waals surface area contributed by atoms with Gasteiger partial charge in [-0.1, -0.05) is 30.3 Å². The Balaban J connectivity index is 1.63. The van der Waals surface area contributed by atoms with Crippen molar-refractivity contribution >= 4 is 12.2 Å². The number of fused-ring (bicyclic) bond motifs is 1. The van der Waals surface area contributed by atoms with E-state index in [0.717, 1.165) is 5.56 Å². The smallest absolute Gasteiger partial charge is 0.414 e. The third kappa shape index (κ3) is 3.83. The minimum Gasteiger partial charge on any atom is -0.444 e. The van der Waals surface area contributed by atoms with Gasteiger partial charge in [-0.05, 0) is 32.4 Å². The molecule has 0 radical (unpaired) electrons. The van der Waals surface area contributed by atoms with Crippen LogP contribution < -0.4 is 0 Å². The standard InChI is InChI=1S/C19H24N2O5/c1-19(2,3)26-18(24)21-11-15(22)16-14(21)9-10-20(16)17(23)25-12-13-7-5-4-6-8-13/h4-10,14-16,22H,11-12H2,1-3H3/t14-,15+,16+/m0/s1. The molecule has 140 valence electrons. The topological polar surface area (TPSA) is 79.3 Å². The van der Waals surface area contributed by atoms with Crippen LogP contribution in [0.5, 0.6) is 0 Å². The third-order valence-electron chi connectivity index (χ3n) is 4.30. The molecule has 0 saturated carbocycles. The SMILES string of the molecule is CC(C)(C)OC(=O)N1C[C@@H](O)[C@H]2[C@@H]1C=CN2C(=O)OCc1ccccc1. The number of aliphatic hydroxyl groups excluding tert-OH is 1. The number of likely N-dealkylation sites (tertiary alicyclic amines) is 1. The van der Waals surface area contributed by atoms with Gasteiger partial charge in [0, 0.05) is 6.20 Å². The van der Waals surface area contributed by atoms with Gasteiger partial charge in [0.2, 0.25) is 0 Å². The number of rotatable bonds is 2. The first kappa shape index (κ1) is 18.3. The first-order valence-electron chi connectivity index (χ1n) is 8.61. The molecule has 0 aromatic heterocycles. The van der Waals surface area contributed by atoms with E-state index in [1.807, 2.05) is 30.3 Å². The number of amides is 2. The average molecular weight is 360 g/mol. The lowest BCUT2D eigenvalue weighted by molar-refractivity contribution is 0.0233. The molecule has 2 amide bonds. The highest BCUT2D eigenvalue weighted by molar-refractivity contribution is 5.73. The third-order valence-corrected chi connectivity index (χ3v) is 4.30. The van der Waals surface area contributed by atoms with E-state index in [-0.39, 0.29) is 13.2 Å². The summed E-state index contributed by atoms with van der Waals surface area (Å²) >= 11 is 0. The maximum atomic E-state index is 12.4. The van der Waals surface area contributed by atoms with Crippen LogP contribution in [0.4, 0.5) is 9.59 Å². The molecule has 1 fully saturated rings. The van der Waals surface area contributed by atoms with Crippen molar-refractivity contribution in [2.24, 2.45) is 0 Å². The quantitative estimate of drug-likeness (QED) is 0.877. The predicted octanol–water partition coefficient (Wildman–Crippen LogP) is 2.50. The molecule has 2 aliphatic heterocycles. The minimum absolute atomic E-state index is 0.108. The van der Waals surface area contributed by atoms with Gasteiger partial charge in [-0.3, -0.25) is 9.80 Å². The number of hydrogen-bond acceptors (Lipinski definition) is 5. The van der Waals surface area contributed by atoms with Crippen LogP contribution in [0.1, 0.15) is 26.3 Å². The number of carbonyl (C=O) groups excluding carboxylic acids is 2. The zero-order valence-corrected chi connectivity index (χ0v) is 15.2. The molecule has 2 aliphatic rings. The summed E-state index contributed by atoms with van der Waals surface area (Å²) in [6.45, 7) is 5.61. The molecule has 7 heteroatoms. The van der Waals surface area contributed by atoms with Crippen LogP contribution in [0.2, 0.25) is 0 Å². The molecule has 0 spiro atoms. The van der Waals surface area contributed by atoms with Gasteiger partial charge in [0.1, 0.15) is 12.2 Å². The fourth-order valence-corrected chi connectivity index (χ4v) is 3.18. The maximum Gasteiger partial charge on any atom is 0.414 e. The normalized spacial score (nSPS) is 24.5. The van der Waals surface area contributed by atoms with E-state index in [1.54, 1.807) is 33.0 Å². The summed E-state index contributed by atoms with van der Waals surface area (Å²) in [5.74, 6) is 0. The second kappa shape index (κ2) is 6.99. The zero-order chi connectivity index (χ0) is 18.9. The summed E-state index contributed by atoms with van der Waals surface area (Å²) in [7, 11) is 0. The van der Waals surface area contributed by atoms with Crippen molar-refractivity contribution in [1.82, 2.24) is 9.80 Å². The van der Waals surface area contributed by atoms with Gasteiger partial charge in [0.15, 0.2) is 0 Å². The van der Waals surface area contributed by atoms with Gasteiger partial charge >= 0.3 is 12.2 Å². The van der Waals surface area contributed by atoms with Crippen LogP contribution in [0.3, 0.4) is 0 Å². The Bertz CT molecular complexity index is 698. The largest absolute Gasteiger partial charge is 0.444 e. The Hall–Kier alpha value is -2.54. The fraction of sp³-hybridized carbons (Fsp3) is 0.474. The number of carbonyl (C=O) groups is 2. The highest BCUT2D eigenvalue weighted by Gasteiger charge is 2.50. The maximum absolute atomic E-state index is 12.4. The summed E-state index contributed by atoms with van der Waals surface area (Å²) in [4.78, 5) is 27.6. The molecule has 0 aliphatic carbocycles. The molecule has 2 heterocycles. The van der Waals surface area contributed by atoms with E-state index < -0.39 is 36.0 Å². The number of aliphatic hydroxyl groups is 1. The summed E-state index contributed by atoms with van der Waals surface area (Å²) in [6, 6.07) is 8.37. The fourth-order valence-electron chi connectivity index (χ4n) is 3.18. The van der Waals surface area contributed by atoms with Gasteiger partial charge in [0.05, 0.1) is 24.7 Å². The summed E-state index contributed by atoms with van der Waals surface area (Å²) in [5, 5.41) is 10.4. The minimum atomic E-state index is -0.869. The van der Waals surface area contributed by atoms with Crippen LogP contribution in [-0.2, 0) is 16.1 Å². The Morgan fingerprint density at radius 1 is 1.19 bits per heavy atom. The van der Waals surface area contributed by atoms with Gasteiger partial charge in [-0.25, -0.2) is 9.59 Å². The van der Waals surface area contributed by atoms with Crippen molar-refractivity contribution in [2.75, 3.05) is 6.54 Å². The highest BCUT2D eigenvalue weighted by atomic mass is 16.6. The lowest BCUT2D eigenvalue weighted by atomic mass is 10.1. The predicted molar refractivity (Wildman–Crippen MR) is 94.1 cm³/mol. The second-order valence-corrected chi connectivity index (χ2v) is 7.47. The molecule has 7 nitrogen and oxygen atoms in total. The van der Waals surface area contributed by atoms with Crippen molar-refractivity contribution in [3.05, 3.63) is 48.2 Å². The van der Waals surface area contributed by atoms with E-state index >= 15 is 0 Å². The van der Waals surface area contributed by atoms with Gasteiger partial charge < -0.3 is 14.6 Å². The summed E-state index contributed by atoms with van der Waals surface area (Å²) in [5.41, 5.74) is 0.249. The second-order valence-electron chi connectivity index (χ2n) is 7.47. The summed E-state index contributed by atoms with van der Waals surface area (Å²) in [6.07, 6.45) is 1.35. The molecule has 0 bridgehead atoms. The molecule has 1 saturated heterocycles. The highest BCUT2D eigenvalue weighted by Crippen LogP contribution is 2.31. The molecule has 26 heavy (non-hydrogen) atoms. The Labute approximate surface area is 152 Å². The first-order valence-corrected chi connectivity index (χ1v) is 8.61. The Morgan fingerprint density at radius 2 is 1.88 bits per heavy atom. The molecular formula is C19H24N2O5. The first-order chi connectivity index (χ1) is 12.3. The van der Waals surface area contributed by atoms with Crippen molar-refractivity contribution in [2.45, 2.75) is 51.2 Å². The molecule has 1 aromatic carbocycles. The van der Waals surface area contributed by atoms with Gasteiger partial charge in [0.25, 0.3) is 0 Å². The van der Waals surface area contributed by atoms with Gasteiger partial charge in [-0.2, -0.15) is 0 Å². The number of hydrogen-bond donors (Lipinski definition) is 1. The Morgan fingerprint density at radius 3 is 2.54 bits per heavy atom. The molecule has 0 unspecified atom stereocenters. The van der Waals surface area contributed by atoms with Crippen molar-refractivity contribution in [3.8, 4) is 0 Å². The van der Waals surface area contributed by atoms with Crippen LogP contribution in [0.25, 0.3) is 0 Å². The van der Waals surface area contributed by atoms with Crippen molar-refractivity contribution < 1.29 is 24.2 Å². The summed E-state index contributed by atoms with van der Waals surface area (Å²) < 4.78 is 10.7. The van der Waals surface area contributed by atoms with Crippen LogP contribution >= 0.6 is 0 Å². The Kier molecular flexibility index (Phi) is 4.91. The number of nitrogens with zero attached hydrogens (tertiary/aromatic N) is 2. The van der Waals surface area contributed by atoms with E-state index in [2.05, 4.69) is 0 Å². The van der Waals surface area contributed by atoms with Gasteiger partial charge in [-0.15, -0.1) is 0 Å². The lowest BCUT2D eigenvalue weighted by Gasteiger charge is -2.28. The molecular weight excluding hydrogens is 336 g/mol. The molecule has 3 atom stereocenters. The van der Waals surface area contributed by atoms with Crippen LogP contribution in [0, 0.1) is 0 Å². The van der Waals surface area contributed by atoms with Crippen LogP contribution in [0.15, 0.2) is 42.6 Å². The number of β-amino-alcohol motifs (C(OH)–C–C–N with tert-alkyl or cyclic N) is 1. The van der Waals surface area contributed by atoms with E-state index in [4.69, 9.17) is 9.47 Å².